The quantitative estimate of drug-likeness (QED) is 0.774. The summed E-state index contributed by atoms with van der Waals surface area (Å²) < 4.78 is 0. The third kappa shape index (κ3) is 2.71. The zero-order chi connectivity index (χ0) is 13.8. The van der Waals surface area contributed by atoms with E-state index in [4.69, 9.17) is 0 Å². The molecule has 4 heteroatoms. The molecule has 3 rings (SSSR count). The Kier molecular flexibility index (Phi) is 4.04. The monoisotopic (exact) mass is 283 g/mol. The largest absolute Gasteiger partial charge is 0.305 e. The van der Waals surface area contributed by atoms with Crippen LogP contribution in [0.3, 0.4) is 0 Å². The lowest BCUT2D eigenvalue weighted by Gasteiger charge is -2.17. The Hall–Kier alpha value is -1.78. The molecule has 0 bridgehead atoms. The fourth-order valence-electron chi connectivity index (χ4n) is 2.29. The molecule has 20 heavy (non-hydrogen) atoms. The van der Waals surface area contributed by atoms with Crippen LogP contribution in [0.1, 0.15) is 30.6 Å². The molecule has 0 radical (unpaired) electrons. The molecular weight excluding hydrogens is 266 g/mol. The molecule has 0 aliphatic rings. The maximum atomic E-state index is 4.56. The van der Waals surface area contributed by atoms with Crippen molar-refractivity contribution in [1.29, 1.82) is 0 Å². The Morgan fingerprint density at radius 3 is 2.95 bits per heavy atom. The summed E-state index contributed by atoms with van der Waals surface area (Å²) in [5, 5.41) is 6.83. The van der Waals surface area contributed by atoms with E-state index in [0.717, 1.165) is 24.2 Å². The minimum Gasteiger partial charge on any atom is -0.305 e. The topological polar surface area (TPSA) is 37.8 Å². The summed E-state index contributed by atoms with van der Waals surface area (Å²) in [6.07, 6.45) is 3.05. The Balaban J connectivity index is 1.99. The summed E-state index contributed by atoms with van der Waals surface area (Å²) in [6, 6.07) is 10.5. The van der Waals surface area contributed by atoms with E-state index in [0.29, 0.717) is 0 Å². The van der Waals surface area contributed by atoms with Crippen LogP contribution < -0.4 is 5.32 Å². The second kappa shape index (κ2) is 6.11. The van der Waals surface area contributed by atoms with E-state index in [9.17, 15) is 0 Å². The minimum atomic E-state index is 0.123. The van der Waals surface area contributed by atoms with Gasteiger partial charge in [0.25, 0.3) is 0 Å². The standard InChI is InChI=1S/C16H17N3S/c1-2-7-17-16(15-10-20-11-19-15)13-8-12-5-3-4-6-14(12)18-9-13/h3-6,8-11,16-17H,2,7H2,1H3. The molecule has 0 aliphatic heterocycles. The van der Waals surface area contributed by atoms with Gasteiger partial charge >= 0.3 is 0 Å². The van der Waals surface area contributed by atoms with Crippen LogP contribution in [0.2, 0.25) is 0 Å². The second-order valence-corrected chi connectivity index (χ2v) is 5.48. The predicted molar refractivity (Wildman–Crippen MR) is 84.0 cm³/mol. The van der Waals surface area contributed by atoms with Crippen LogP contribution in [-0.2, 0) is 0 Å². The van der Waals surface area contributed by atoms with Crippen molar-refractivity contribution in [2.75, 3.05) is 6.54 Å². The summed E-state index contributed by atoms with van der Waals surface area (Å²) in [7, 11) is 0. The number of hydrogen-bond donors (Lipinski definition) is 1. The number of nitrogens with zero attached hydrogens (tertiary/aromatic N) is 2. The fourth-order valence-corrected chi connectivity index (χ4v) is 2.87. The second-order valence-electron chi connectivity index (χ2n) is 4.76. The number of nitrogens with one attached hydrogen (secondary N) is 1. The third-order valence-electron chi connectivity index (χ3n) is 3.29. The number of para-hydroxylation sites is 1. The fraction of sp³-hybridized carbons (Fsp3) is 0.250. The van der Waals surface area contributed by atoms with Crippen LogP contribution in [0.15, 0.2) is 47.4 Å². The van der Waals surface area contributed by atoms with Gasteiger partial charge in [-0.3, -0.25) is 4.98 Å². The lowest BCUT2D eigenvalue weighted by atomic mass is 10.0. The molecule has 0 saturated carbocycles. The summed E-state index contributed by atoms with van der Waals surface area (Å²) in [5.74, 6) is 0. The molecule has 0 spiro atoms. The van der Waals surface area contributed by atoms with Crippen LogP contribution in [0.5, 0.6) is 0 Å². The van der Waals surface area contributed by atoms with Crippen molar-refractivity contribution in [1.82, 2.24) is 15.3 Å². The first-order valence-corrected chi connectivity index (χ1v) is 7.79. The van der Waals surface area contributed by atoms with Gasteiger partial charge in [-0.15, -0.1) is 11.3 Å². The van der Waals surface area contributed by atoms with Crippen molar-refractivity contribution >= 4 is 22.2 Å². The van der Waals surface area contributed by atoms with Crippen LogP contribution >= 0.6 is 11.3 Å². The number of benzene rings is 1. The van der Waals surface area contributed by atoms with E-state index in [-0.39, 0.29) is 6.04 Å². The first-order valence-electron chi connectivity index (χ1n) is 6.84. The molecule has 3 aromatic rings. The molecule has 0 aliphatic carbocycles. The van der Waals surface area contributed by atoms with Gasteiger partial charge in [-0.05, 0) is 30.7 Å². The van der Waals surface area contributed by atoms with Crippen molar-refractivity contribution in [3.63, 3.8) is 0 Å². The first kappa shape index (κ1) is 13.2. The lowest BCUT2D eigenvalue weighted by molar-refractivity contribution is 0.588. The van der Waals surface area contributed by atoms with E-state index in [1.807, 2.05) is 29.9 Å². The molecule has 1 N–H and O–H groups in total. The molecule has 3 nitrogen and oxygen atoms in total. The van der Waals surface area contributed by atoms with E-state index < -0.39 is 0 Å². The number of thiazole rings is 1. The van der Waals surface area contributed by atoms with Gasteiger partial charge in [0.05, 0.1) is 22.8 Å². The lowest BCUT2D eigenvalue weighted by Crippen LogP contribution is -2.23. The SMILES string of the molecule is CCCNC(c1cnc2ccccc2c1)c1cscn1. The summed E-state index contributed by atoms with van der Waals surface area (Å²) >= 11 is 1.63. The molecular formula is C16H17N3S. The number of rotatable bonds is 5. The molecule has 2 heterocycles. The van der Waals surface area contributed by atoms with E-state index in [1.165, 1.54) is 10.9 Å². The molecule has 102 valence electrons. The van der Waals surface area contributed by atoms with Gasteiger partial charge < -0.3 is 5.32 Å². The first-order chi connectivity index (χ1) is 9.88. The Morgan fingerprint density at radius 2 is 2.15 bits per heavy atom. The Bertz CT molecular complexity index is 679. The van der Waals surface area contributed by atoms with Gasteiger partial charge in [0.2, 0.25) is 0 Å². The van der Waals surface area contributed by atoms with Crippen molar-refractivity contribution in [3.8, 4) is 0 Å². The van der Waals surface area contributed by atoms with Gasteiger partial charge in [-0.25, -0.2) is 4.98 Å². The third-order valence-corrected chi connectivity index (χ3v) is 3.90. The van der Waals surface area contributed by atoms with E-state index in [2.05, 4.69) is 39.7 Å². The molecule has 1 unspecified atom stereocenters. The molecule has 1 atom stereocenters. The van der Waals surface area contributed by atoms with Crippen molar-refractivity contribution in [3.05, 3.63) is 58.7 Å². The minimum absolute atomic E-state index is 0.123. The van der Waals surface area contributed by atoms with Crippen molar-refractivity contribution in [2.45, 2.75) is 19.4 Å². The summed E-state index contributed by atoms with van der Waals surface area (Å²) in [5.41, 5.74) is 5.15. The predicted octanol–water partition coefficient (Wildman–Crippen LogP) is 3.78. The number of fused-ring (bicyclic) bond motifs is 1. The Morgan fingerprint density at radius 1 is 1.25 bits per heavy atom. The average molecular weight is 283 g/mol. The van der Waals surface area contributed by atoms with Gasteiger partial charge in [-0.1, -0.05) is 25.1 Å². The zero-order valence-electron chi connectivity index (χ0n) is 11.4. The molecule has 0 saturated heterocycles. The Labute approximate surface area is 122 Å². The highest BCUT2D eigenvalue weighted by Gasteiger charge is 2.15. The smallest absolute Gasteiger partial charge is 0.0795 e. The van der Waals surface area contributed by atoms with Crippen LogP contribution in [0, 0.1) is 0 Å². The molecule has 0 fully saturated rings. The summed E-state index contributed by atoms with van der Waals surface area (Å²) in [6.45, 7) is 3.14. The zero-order valence-corrected chi connectivity index (χ0v) is 12.2. The highest BCUT2D eigenvalue weighted by atomic mass is 32.1. The van der Waals surface area contributed by atoms with Crippen molar-refractivity contribution < 1.29 is 0 Å². The van der Waals surface area contributed by atoms with Gasteiger partial charge in [0.15, 0.2) is 0 Å². The molecule has 2 aromatic heterocycles. The maximum Gasteiger partial charge on any atom is 0.0795 e. The van der Waals surface area contributed by atoms with Crippen molar-refractivity contribution in [2.24, 2.45) is 0 Å². The number of hydrogen-bond acceptors (Lipinski definition) is 4. The molecule has 1 aromatic carbocycles. The van der Waals surface area contributed by atoms with Gasteiger partial charge in [-0.2, -0.15) is 0 Å². The number of pyridine rings is 1. The highest BCUT2D eigenvalue weighted by molar-refractivity contribution is 7.07. The average Bonchev–Trinajstić information content (AvgIpc) is 3.02. The van der Waals surface area contributed by atoms with E-state index in [1.54, 1.807) is 11.3 Å². The normalized spacial score (nSPS) is 12.7. The van der Waals surface area contributed by atoms with Gasteiger partial charge in [0.1, 0.15) is 0 Å². The van der Waals surface area contributed by atoms with Crippen LogP contribution in [0.25, 0.3) is 10.9 Å². The van der Waals surface area contributed by atoms with Crippen LogP contribution in [-0.4, -0.2) is 16.5 Å². The highest BCUT2D eigenvalue weighted by Crippen LogP contribution is 2.24. The van der Waals surface area contributed by atoms with Crippen LogP contribution in [0.4, 0.5) is 0 Å². The maximum absolute atomic E-state index is 4.56. The van der Waals surface area contributed by atoms with Gasteiger partial charge in [0, 0.05) is 17.0 Å². The van der Waals surface area contributed by atoms with E-state index >= 15 is 0 Å². The summed E-state index contributed by atoms with van der Waals surface area (Å²) in [4.78, 5) is 9.01. The molecule has 0 amide bonds. The number of aromatic nitrogens is 2.